The van der Waals surface area contributed by atoms with Gasteiger partial charge in [-0.3, -0.25) is 4.98 Å². The second-order valence-electron chi connectivity index (χ2n) is 4.19. The molecule has 2 aliphatic rings. The summed E-state index contributed by atoms with van der Waals surface area (Å²) in [5.41, 5.74) is 3.21. The summed E-state index contributed by atoms with van der Waals surface area (Å²) in [6.07, 6.45) is 11.5. The molecule has 0 unspecified atom stereocenters. The summed E-state index contributed by atoms with van der Waals surface area (Å²) in [5.74, 6) is 0.913. The van der Waals surface area contributed by atoms with Crippen molar-refractivity contribution in [1.82, 2.24) is 4.98 Å². The summed E-state index contributed by atoms with van der Waals surface area (Å²) in [4.78, 5) is 4.22. The molecule has 0 fully saturated rings. The van der Waals surface area contributed by atoms with E-state index in [1.165, 1.54) is 0 Å². The lowest BCUT2D eigenvalue weighted by molar-refractivity contribution is 0.567. The molecule has 92 valence electrons. The van der Waals surface area contributed by atoms with Crippen LogP contribution in [0, 0.1) is 0 Å². The molecule has 3 rings (SSSR count). The highest BCUT2D eigenvalue weighted by Gasteiger charge is 2.04. The minimum absolute atomic E-state index is 0.913. The smallest absolute Gasteiger partial charge is 0.134 e. The summed E-state index contributed by atoms with van der Waals surface area (Å²) in [6.45, 7) is 0. The van der Waals surface area contributed by atoms with Crippen molar-refractivity contribution in [3.63, 3.8) is 0 Å². The van der Waals surface area contributed by atoms with Gasteiger partial charge in [-0.2, -0.15) is 0 Å². The van der Waals surface area contributed by atoms with Gasteiger partial charge in [0, 0.05) is 11.8 Å². The van der Waals surface area contributed by atoms with Crippen molar-refractivity contribution in [2.24, 2.45) is 0 Å². The van der Waals surface area contributed by atoms with Gasteiger partial charge in [-0.1, -0.05) is 24.3 Å². The van der Waals surface area contributed by atoms with E-state index in [2.05, 4.69) is 17.1 Å². The SMILES string of the molecule is C(C=Cc1ccccn1)=Cc1cc2cccoc-2c1. The van der Waals surface area contributed by atoms with Gasteiger partial charge in [0.25, 0.3) is 0 Å². The molecular weight excluding hydrogens is 234 g/mol. The van der Waals surface area contributed by atoms with Crippen molar-refractivity contribution in [3.8, 4) is 11.3 Å². The minimum atomic E-state index is 0.913. The number of aromatic nitrogens is 1. The highest BCUT2D eigenvalue weighted by Crippen LogP contribution is 2.26. The van der Waals surface area contributed by atoms with Gasteiger partial charge in [-0.05, 0) is 48.0 Å². The van der Waals surface area contributed by atoms with E-state index in [0.717, 1.165) is 22.6 Å². The second-order valence-corrected chi connectivity index (χ2v) is 4.19. The standard InChI is InChI=1S/C17H13NO/c1(2-8-16-9-3-4-10-18-16)6-14-12-15-7-5-11-19-17(15)13-14/h1-13H. The zero-order chi connectivity index (χ0) is 12.9. The van der Waals surface area contributed by atoms with Crippen LogP contribution >= 0.6 is 0 Å². The van der Waals surface area contributed by atoms with E-state index in [9.17, 15) is 0 Å². The summed E-state index contributed by atoms with van der Waals surface area (Å²) in [5, 5.41) is 0. The number of allylic oxidation sites excluding steroid dienone is 2. The van der Waals surface area contributed by atoms with Crippen molar-refractivity contribution >= 4 is 12.2 Å². The van der Waals surface area contributed by atoms with E-state index in [1.807, 2.05) is 54.6 Å². The normalized spacial score (nSPS) is 11.8. The van der Waals surface area contributed by atoms with Gasteiger partial charge in [0.2, 0.25) is 0 Å². The Hall–Kier alpha value is -2.61. The fourth-order valence-corrected chi connectivity index (χ4v) is 1.91. The van der Waals surface area contributed by atoms with Crippen molar-refractivity contribution in [2.45, 2.75) is 0 Å². The van der Waals surface area contributed by atoms with Gasteiger partial charge in [0.1, 0.15) is 5.76 Å². The van der Waals surface area contributed by atoms with Gasteiger partial charge in [-0.25, -0.2) is 0 Å². The molecule has 0 atom stereocenters. The monoisotopic (exact) mass is 247 g/mol. The predicted octanol–water partition coefficient (Wildman–Crippen LogP) is 4.51. The number of rotatable bonds is 3. The number of hydrogen-bond donors (Lipinski definition) is 0. The quantitative estimate of drug-likeness (QED) is 0.636. The lowest BCUT2D eigenvalue weighted by atomic mass is 10.2. The Kier molecular flexibility index (Phi) is 3.24. The molecule has 0 bridgehead atoms. The van der Waals surface area contributed by atoms with E-state index < -0.39 is 0 Å². The van der Waals surface area contributed by atoms with Crippen LogP contribution in [0.1, 0.15) is 11.3 Å². The number of pyridine rings is 1. The first kappa shape index (κ1) is 11.5. The first-order chi connectivity index (χ1) is 9.42. The summed E-state index contributed by atoms with van der Waals surface area (Å²) in [7, 11) is 0. The van der Waals surface area contributed by atoms with Crippen LogP contribution in [0.15, 0.2) is 71.5 Å². The van der Waals surface area contributed by atoms with Gasteiger partial charge < -0.3 is 4.42 Å². The van der Waals surface area contributed by atoms with Gasteiger partial charge >= 0.3 is 0 Å². The molecule has 1 aromatic heterocycles. The first-order valence-corrected chi connectivity index (χ1v) is 6.15. The lowest BCUT2D eigenvalue weighted by Gasteiger charge is -1.92. The Balaban J connectivity index is 1.73. The Bertz CT molecular complexity index is 650. The third-order valence-electron chi connectivity index (χ3n) is 2.81. The zero-order valence-corrected chi connectivity index (χ0v) is 10.4. The lowest BCUT2D eigenvalue weighted by Crippen LogP contribution is -1.74. The maximum atomic E-state index is 5.41. The van der Waals surface area contributed by atoms with Crippen LogP contribution in [0.5, 0.6) is 0 Å². The second kappa shape index (κ2) is 5.36. The van der Waals surface area contributed by atoms with Crippen molar-refractivity contribution < 1.29 is 4.42 Å². The molecule has 2 nitrogen and oxygen atoms in total. The van der Waals surface area contributed by atoms with Crippen LogP contribution in [-0.2, 0) is 0 Å². The molecule has 1 aliphatic carbocycles. The highest BCUT2D eigenvalue weighted by molar-refractivity contribution is 5.70. The average molecular weight is 247 g/mol. The van der Waals surface area contributed by atoms with E-state index >= 15 is 0 Å². The summed E-state index contributed by atoms with van der Waals surface area (Å²) in [6, 6.07) is 13.9. The summed E-state index contributed by atoms with van der Waals surface area (Å²) < 4.78 is 5.41. The molecule has 2 heterocycles. The van der Waals surface area contributed by atoms with E-state index in [-0.39, 0.29) is 0 Å². The van der Waals surface area contributed by atoms with Crippen LogP contribution in [0.2, 0.25) is 0 Å². The van der Waals surface area contributed by atoms with Gasteiger partial charge in [-0.15, -0.1) is 0 Å². The molecule has 0 spiro atoms. The third kappa shape index (κ3) is 2.80. The molecule has 1 aliphatic heterocycles. The fraction of sp³-hybridized carbons (Fsp3) is 0. The third-order valence-corrected chi connectivity index (χ3v) is 2.81. The predicted molar refractivity (Wildman–Crippen MR) is 77.6 cm³/mol. The van der Waals surface area contributed by atoms with E-state index in [0.29, 0.717) is 0 Å². The maximum Gasteiger partial charge on any atom is 0.134 e. The minimum Gasteiger partial charge on any atom is -0.464 e. The van der Waals surface area contributed by atoms with Gasteiger partial charge in [0.15, 0.2) is 0 Å². The van der Waals surface area contributed by atoms with Gasteiger partial charge in [0.05, 0.1) is 12.0 Å². The van der Waals surface area contributed by atoms with Crippen LogP contribution in [0.3, 0.4) is 0 Å². The molecule has 2 heteroatoms. The highest BCUT2D eigenvalue weighted by atomic mass is 16.3. The van der Waals surface area contributed by atoms with Crippen LogP contribution in [0.4, 0.5) is 0 Å². The Labute approximate surface area is 112 Å². The molecule has 1 aromatic rings. The molecule has 0 radical (unpaired) electrons. The van der Waals surface area contributed by atoms with Crippen LogP contribution < -0.4 is 0 Å². The van der Waals surface area contributed by atoms with Crippen LogP contribution in [0.25, 0.3) is 23.5 Å². The van der Waals surface area contributed by atoms with E-state index in [4.69, 9.17) is 4.42 Å². The Morgan fingerprint density at radius 3 is 2.74 bits per heavy atom. The summed E-state index contributed by atoms with van der Waals surface area (Å²) >= 11 is 0. The van der Waals surface area contributed by atoms with Crippen molar-refractivity contribution in [2.75, 3.05) is 0 Å². The Morgan fingerprint density at radius 1 is 0.947 bits per heavy atom. The van der Waals surface area contributed by atoms with Crippen molar-refractivity contribution in [1.29, 1.82) is 0 Å². The first-order valence-electron chi connectivity index (χ1n) is 6.15. The molecule has 19 heavy (non-hydrogen) atoms. The maximum absolute atomic E-state index is 5.41. The molecular formula is C17H13NO. The molecule has 0 aromatic carbocycles. The van der Waals surface area contributed by atoms with E-state index in [1.54, 1.807) is 12.5 Å². The average Bonchev–Trinajstić information content (AvgIpc) is 2.87. The van der Waals surface area contributed by atoms with Crippen molar-refractivity contribution in [3.05, 3.63) is 78.3 Å². The van der Waals surface area contributed by atoms with Crippen LogP contribution in [-0.4, -0.2) is 4.98 Å². The fourth-order valence-electron chi connectivity index (χ4n) is 1.91. The topological polar surface area (TPSA) is 26.0 Å². The zero-order valence-electron chi connectivity index (χ0n) is 10.4. The molecule has 0 N–H and O–H groups in total. The largest absolute Gasteiger partial charge is 0.464 e. The molecule has 0 amide bonds. The molecule has 0 saturated carbocycles. The number of hydrogen-bond acceptors (Lipinski definition) is 2. The number of fused-ring (bicyclic) bond motifs is 1. The molecule has 0 saturated heterocycles. The number of nitrogens with zero attached hydrogens (tertiary/aromatic N) is 1. The Morgan fingerprint density at radius 2 is 1.89 bits per heavy atom.